The Labute approximate surface area is 105 Å². The van der Waals surface area contributed by atoms with Crippen LogP contribution in [0.4, 0.5) is 0 Å². The molecule has 1 N–H and O–H groups in total. The fourth-order valence-corrected chi connectivity index (χ4v) is 2.98. The first-order chi connectivity index (χ1) is 8.44. The van der Waals surface area contributed by atoms with Gasteiger partial charge in [0.15, 0.2) is 9.84 Å². The highest BCUT2D eigenvalue weighted by Gasteiger charge is 2.35. The van der Waals surface area contributed by atoms with Gasteiger partial charge in [-0.05, 0) is 24.1 Å². The van der Waals surface area contributed by atoms with Crippen molar-refractivity contribution in [2.75, 3.05) is 11.5 Å². The second-order valence-electron chi connectivity index (χ2n) is 4.36. The van der Waals surface area contributed by atoms with Gasteiger partial charge in [-0.2, -0.15) is 0 Å². The highest BCUT2D eigenvalue weighted by Crippen LogP contribution is 2.21. The van der Waals surface area contributed by atoms with E-state index in [0.717, 1.165) is 5.56 Å². The van der Waals surface area contributed by atoms with Crippen molar-refractivity contribution in [2.45, 2.75) is 18.9 Å². The highest BCUT2D eigenvalue weighted by molar-refractivity contribution is 7.92. The van der Waals surface area contributed by atoms with Crippen LogP contribution < -0.4 is 4.74 Å². The average Bonchev–Trinajstić information content (AvgIpc) is 2.24. The maximum Gasteiger partial charge on any atom is 0.303 e. The molecule has 0 saturated carbocycles. The number of carbonyl (C=O) groups is 1. The average molecular weight is 270 g/mol. The number of aryl methyl sites for hydroxylation is 1. The summed E-state index contributed by atoms with van der Waals surface area (Å²) in [6, 6.07) is 7.11. The van der Waals surface area contributed by atoms with E-state index in [2.05, 4.69) is 0 Å². The van der Waals surface area contributed by atoms with Crippen LogP contribution in [0.3, 0.4) is 0 Å². The molecule has 0 atom stereocenters. The Hall–Kier alpha value is -1.56. The standard InChI is InChI=1S/C12H14O5S/c13-12(14)5-4-9-2-1-3-10(6-9)17-11-7-18(15,16)8-11/h1-3,6,11H,4-5,7-8H2,(H,13,14). The van der Waals surface area contributed by atoms with Crippen molar-refractivity contribution in [3.63, 3.8) is 0 Å². The summed E-state index contributed by atoms with van der Waals surface area (Å²) in [5.74, 6) is -0.122. The maximum absolute atomic E-state index is 11.0. The zero-order valence-electron chi connectivity index (χ0n) is 9.70. The lowest BCUT2D eigenvalue weighted by molar-refractivity contribution is -0.136. The molecule has 0 unspecified atom stereocenters. The Bertz CT molecular complexity index is 537. The highest BCUT2D eigenvalue weighted by atomic mass is 32.2. The number of sulfone groups is 1. The molecular weight excluding hydrogens is 256 g/mol. The third-order valence-corrected chi connectivity index (χ3v) is 4.47. The zero-order chi connectivity index (χ0) is 13.2. The molecule has 0 radical (unpaired) electrons. The molecule has 1 fully saturated rings. The number of ether oxygens (including phenoxy) is 1. The largest absolute Gasteiger partial charge is 0.488 e. The first-order valence-electron chi connectivity index (χ1n) is 5.62. The molecular formula is C12H14O5S. The fourth-order valence-electron chi connectivity index (χ4n) is 1.80. The first-order valence-corrected chi connectivity index (χ1v) is 7.44. The Morgan fingerprint density at radius 3 is 2.72 bits per heavy atom. The molecule has 0 aromatic heterocycles. The van der Waals surface area contributed by atoms with Crippen LogP contribution in [0.2, 0.25) is 0 Å². The van der Waals surface area contributed by atoms with Gasteiger partial charge in [0.1, 0.15) is 11.9 Å². The number of benzene rings is 1. The van der Waals surface area contributed by atoms with Crippen LogP contribution in [-0.4, -0.2) is 37.1 Å². The summed E-state index contributed by atoms with van der Waals surface area (Å²) in [6.07, 6.45) is 0.237. The molecule has 1 aromatic rings. The van der Waals surface area contributed by atoms with Crippen LogP contribution in [0.15, 0.2) is 24.3 Å². The number of hydrogen-bond donors (Lipinski definition) is 1. The topological polar surface area (TPSA) is 80.7 Å². The van der Waals surface area contributed by atoms with Crippen LogP contribution in [0.25, 0.3) is 0 Å². The van der Waals surface area contributed by atoms with Crippen LogP contribution in [0.5, 0.6) is 5.75 Å². The lowest BCUT2D eigenvalue weighted by Gasteiger charge is -2.26. The van der Waals surface area contributed by atoms with Gasteiger partial charge in [0.2, 0.25) is 0 Å². The minimum Gasteiger partial charge on any atom is -0.488 e. The first kappa shape index (κ1) is 12.9. The number of rotatable bonds is 5. The molecule has 5 nitrogen and oxygen atoms in total. The lowest BCUT2D eigenvalue weighted by atomic mass is 10.1. The van der Waals surface area contributed by atoms with E-state index in [1.165, 1.54) is 0 Å². The minimum atomic E-state index is -2.89. The van der Waals surface area contributed by atoms with E-state index in [1.54, 1.807) is 18.2 Å². The maximum atomic E-state index is 11.0. The lowest BCUT2D eigenvalue weighted by Crippen LogP contribution is -2.45. The predicted molar refractivity (Wildman–Crippen MR) is 65.5 cm³/mol. The Kier molecular flexibility index (Phi) is 3.56. The summed E-state index contributed by atoms with van der Waals surface area (Å²) in [5, 5.41) is 8.60. The summed E-state index contributed by atoms with van der Waals surface area (Å²) >= 11 is 0. The second-order valence-corrected chi connectivity index (χ2v) is 6.51. The SMILES string of the molecule is O=C(O)CCc1cccc(OC2CS(=O)(=O)C2)c1. The van der Waals surface area contributed by atoms with Gasteiger partial charge in [-0.15, -0.1) is 0 Å². The monoisotopic (exact) mass is 270 g/mol. The molecule has 0 aliphatic carbocycles. The molecule has 1 aliphatic heterocycles. The van der Waals surface area contributed by atoms with Crippen molar-refractivity contribution in [3.8, 4) is 5.75 Å². The van der Waals surface area contributed by atoms with Crippen molar-refractivity contribution >= 4 is 15.8 Å². The summed E-state index contributed by atoms with van der Waals surface area (Å²) in [6.45, 7) is 0. The third kappa shape index (κ3) is 3.46. The van der Waals surface area contributed by atoms with Crippen molar-refractivity contribution in [2.24, 2.45) is 0 Å². The molecule has 0 bridgehead atoms. The third-order valence-electron chi connectivity index (χ3n) is 2.71. The van der Waals surface area contributed by atoms with Gasteiger partial charge < -0.3 is 9.84 Å². The van der Waals surface area contributed by atoms with Gasteiger partial charge in [0.25, 0.3) is 0 Å². The van der Waals surface area contributed by atoms with Crippen LogP contribution in [0.1, 0.15) is 12.0 Å². The van der Waals surface area contributed by atoms with Crippen molar-refractivity contribution < 1.29 is 23.1 Å². The molecule has 0 spiro atoms. The van der Waals surface area contributed by atoms with Gasteiger partial charge in [-0.25, -0.2) is 8.42 Å². The predicted octanol–water partition coefficient (Wildman–Crippen LogP) is 0.880. The van der Waals surface area contributed by atoms with Crippen LogP contribution >= 0.6 is 0 Å². The van der Waals surface area contributed by atoms with Gasteiger partial charge in [-0.1, -0.05) is 12.1 Å². The Morgan fingerprint density at radius 1 is 1.39 bits per heavy atom. The number of carboxylic acids is 1. The molecule has 1 aliphatic rings. The Balaban J connectivity index is 1.93. The van der Waals surface area contributed by atoms with Crippen molar-refractivity contribution in [3.05, 3.63) is 29.8 Å². The molecule has 1 aromatic carbocycles. The molecule has 1 saturated heterocycles. The van der Waals surface area contributed by atoms with Crippen molar-refractivity contribution in [1.29, 1.82) is 0 Å². The molecule has 2 rings (SSSR count). The van der Waals surface area contributed by atoms with E-state index in [1.807, 2.05) is 6.07 Å². The van der Waals surface area contributed by atoms with Crippen molar-refractivity contribution in [1.82, 2.24) is 0 Å². The minimum absolute atomic E-state index is 0.0619. The zero-order valence-corrected chi connectivity index (χ0v) is 10.5. The number of aliphatic carboxylic acids is 1. The number of carboxylic acid groups (broad SMARTS) is 1. The normalized spacial score (nSPS) is 18.0. The van der Waals surface area contributed by atoms with E-state index < -0.39 is 15.8 Å². The second kappa shape index (κ2) is 4.97. The molecule has 18 heavy (non-hydrogen) atoms. The Morgan fingerprint density at radius 2 is 2.11 bits per heavy atom. The van der Waals surface area contributed by atoms with Gasteiger partial charge in [0, 0.05) is 6.42 Å². The van der Waals surface area contributed by atoms with E-state index in [0.29, 0.717) is 12.2 Å². The molecule has 1 heterocycles. The summed E-state index contributed by atoms with van der Waals surface area (Å²) in [7, 11) is -2.89. The molecule has 98 valence electrons. The van der Waals surface area contributed by atoms with E-state index in [-0.39, 0.29) is 24.0 Å². The van der Waals surface area contributed by atoms with Crippen LogP contribution in [0, 0.1) is 0 Å². The smallest absolute Gasteiger partial charge is 0.303 e. The van der Waals surface area contributed by atoms with E-state index >= 15 is 0 Å². The van der Waals surface area contributed by atoms with Gasteiger partial charge in [0.05, 0.1) is 11.5 Å². The van der Waals surface area contributed by atoms with E-state index in [4.69, 9.17) is 9.84 Å². The van der Waals surface area contributed by atoms with Gasteiger partial charge >= 0.3 is 5.97 Å². The molecule has 0 amide bonds. The quantitative estimate of drug-likeness (QED) is 0.859. The number of hydrogen-bond acceptors (Lipinski definition) is 4. The summed E-state index contributed by atoms with van der Waals surface area (Å²) < 4.78 is 27.5. The van der Waals surface area contributed by atoms with Gasteiger partial charge in [-0.3, -0.25) is 4.79 Å². The van der Waals surface area contributed by atoms with E-state index in [9.17, 15) is 13.2 Å². The van der Waals surface area contributed by atoms with Crippen LogP contribution in [-0.2, 0) is 21.1 Å². The molecule has 6 heteroatoms. The summed E-state index contributed by atoms with van der Waals surface area (Å²) in [5.41, 5.74) is 0.872. The fraction of sp³-hybridized carbons (Fsp3) is 0.417. The summed E-state index contributed by atoms with van der Waals surface area (Å²) in [4.78, 5) is 10.5.